The lowest BCUT2D eigenvalue weighted by Gasteiger charge is -2.07. The lowest BCUT2D eigenvalue weighted by Crippen LogP contribution is -2.36. The number of furan rings is 1. The minimum Gasteiger partial charge on any atom is -0.465 e. The minimum absolute atomic E-state index is 0.401. The third kappa shape index (κ3) is 6.92. The first-order chi connectivity index (χ1) is 8.87. The maximum atomic E-state index is 11.7. The molecule has 1 heterocycles. The van der Waals surface area contributed by atoms with Gasteiger partial charge in [-0.05, 0) is 18.2 Å². The first kappa shape index (κ1) is 14.8. The van der Waals surface area contributed by atoms with Crippen molar-refractivity contribution in [2.75, 3.05) is 13.2 Å². The van der Waals surface area contributed by atoms with Crippen molar-refractivity contribution >= 4 is 18.0 Å². The van der Waals surface area contributed by atoms with E-state index in [9.17, 15) is 22.8 Å². The van der Waals surface area contributed by atoms with Crippen molar-refractivity contribution in [3.63, 3.8) is 0 Å². The molecule has 0 bridgehead atoms. The van der Waals surface area contributed by atoms with Gasteiger partial charge >= 0.3 is 12.1 Å². The molecule has 0 aliphatic carbocycles. The molecule has 1 N–H and O–H groups in total. The minimum atomic E-state index is -4.50. The molecule has 1 aromatic rings. The van der Waals surface area contributed by atoms with Gasteiger partial charge in [0.25, 0.3) is 5.91 Å². The Morgan fingerprint density at radius 2 is 2.16 bits per heavy atom. The molecule has 0 spiro atoms. The molecule has 0 aliphatic heterocycles. The highest BCUT2D eigenvalue weighted by Gasteiger charge is 2.27. The van der Waals surface area contributed by atoms with E-state index in [4.69, 9.17) is 4.42 Å². The molecule has 0 fully saturated rings. The molecule has 104 valence electrons. The van der Waals surface area contributed by atoms with E-state index in [1.807, 2.05) is 0 Å². The molecule has 0 saturated heterocycles. The first-order valence-corrected chi connectivity index (χ1v) is 5.08. The number of hydrogen-bond donors (Lipinski definition) is 1. The lowest BCUT2D eigenvalue weighted by atomic mass is 10.4. The van der Waals surface area contributed by atoms with Gasteiger partial charge in [0.2, 0.25) is 0 Å². The van der Waals surface area contributed by atoms with Crippen molar-refractivity contribution in [1.82, 2.24) is 5.32 Å². The van der Waals surface area contributed by atoms with Gasteiger partial charge in [-0.25, -0.2) is 4.79 Å². The summed E-state index contributed by atoms with van der Waals surface area (Å²) >= 11 is 0. The Morgan fingerprint density at radius 1 is 1.42 bits per heavy atom. The summed E-state index contributed by atoms with van der Waals surface area (Å²) in [4.78, 5) is 22.0. The predicted octanol–water partition coefficient (Wildman–Crippen LogP) is 1.51. The van der Waals surface area contributed by atoms with Crippen molar-refractivity contribution in [1.29, 1.82) is 0 Å². The van der Waals surface area contributed by atoms with Gasteiger partial charge in [-0.2, -0.15) is 13.2 Å². The van der Waals surface area contributed by atoms with Crippen LogP contribution < -0.4 is 5.32 Å². The summed E-state index contributed by atoms with van der Waals surface area (Å²) in [5.74, 6) is -1.49. The Bertz CT molecular complexity index is 451. The largest absolute Gasteiger partial charge is 0.465 e. The molecule has 1 rings (SSSR count). The fraction of sp³-hybridized carbons (Fsp3) is 0.273. The summed E-state index contributed by atoms with van der Waals surface area (Å²) in [5, 5.41) is 1.56. The van der Waals surface area contributed by atoms with E-state index >= 15 is 0 Å². The number of carbonyl (C=O) groups excluding carboxylic acids is 2. The average Bonchev–Trinajstić information content (AvgIpc) is 2.83. The van der Waals surface area contributed by atoms with Gasteiger partial charge in [0, 0.05) is 6.08 Å². The second-order valence-corrected chi connectivity index (χ2v) is 3.35. The molecule has 8 heteroatoms. The number of amides is 1. The van der Waals surface area contributed by atoms with Crippen LogP contribution in [0.3, 0.4) is 0 Å². The van der Waals surface area contributed by atoms with Gasteiger partial charge in [0.1, 0.15) is 12.3 Å². The lowest BCUT2D eigenvalue weighted by molar-refractivity contribution is -0.148. The van der Waals surface area contributed by atoms with Crippen LogP contribution in [0.4, 0.5) is 13.2 Å². The summed E-state index contributed by atoms with van der Waals surface area (Å²) in [6, 6.07) is 3.19. The molecular formula is C11H10F3NO4. The smallest absolute Gasteiger partial charge is 0.405 e. The molecule has 1 amide bonds. The van der Waals surface area contributed by atoms with Crippen LogP contribution in [0, 0.1) is 0 Å². The predicted molar refractivity (Wildman–Crippen MR) is 57.8 cm³/mol. The van der Waals surface area contributed by atoms with Crippen molar-refractivity contribution in [2.45, 2.75) is 6.18 Å². The van der Waals surface area contributed by atoms with E-state index in [-0.39, 0.29) is 0 Å². The monoisotopic (exact) mass is 277 g/mol. The third-order valence-electron chi connectivity index (χ3n) is 1.76. The van der Waals surface area contributed by atoms with Crippen LogP contribution in [0.5, 0.6) is 0 Å². The summed E-state index contributed by atoms with van der Waals surface area (Å²) < 4.78 is 44.6. The van der Waals surface area contributed by atoms with Gasteiger partial charge < -0.3 is 14.5 Å². The van der Waals surface area contributed by atoms with Crippen molar-refractivity contribution in [2.24, 2.45) is 0 Å². The summed E-state index contributed by atoms with van der Waals surface area (Å²) in [5.41, 5.74) is 0. The summed E-state index contributed by atoms with van der Waals surface area (Å²) in [6.45, 7) is -2.25. The van der Waals surface area contributed by atoms with Gasteiger partial charge in [0.05, 0.1) is 6.26 Å². The quantitative estimate of drug-likeness (QED) is 0.654. The second-order valence-electron chi connectivity index (χ2n) is 3.35. The zero-order valence-corrected chi connectivity index (χ0v) is 9.57. The maximum Gasteiger partial charge on any atom is 0.405 e. The van der Waals surface area contributed by atoms with Crippen LogP contribution in [0.2, 0.25) is 0 Å². The molecule has 0 radical (unpaired) electrons. The Morgan fingerprint density at radius 3 is 2.74 bits per heavy atom. The Hall–Kier alpha value is -2.25. The number of carbonyl (C=O) groups is 2. The van der Waals surface area contributed by atoms with E-state index in [0.29, 0.717) is 5.76 Å². The number of ether oxygens (including phenoxy) is 1. The number of esters is 1. The summed E-state index contributed by atoms with van der Waals surface area (Å²) in [6.07, 6.45) is -0.805. The van der Waals surface area contributed by atoms with E-state index in [2.05, 4.69) is 4.74 Å². The SMILES string of the molecule is O=C(COC(=O)/C=C/c1ccco1)NCC(F)(F)F. The highest BCUT2D eigenvalue weighted by atomic mass is 19.4. The fourth-order valence-electron chi connectivity index (χ4n) is 0.971. The molecule has 19 heavy (non-hydrogen) atoms. The van der Waals surface area contributed by atoms with E-state index in [1.54, 1.807) is 17.4 Å². The van der Waals surface area contributed by atoms with Gasteiger partial charge in [0.15, 0.2) is 6.61 Å². The van der Waals surface area contributed by atoms with Crippen LogP contribution >= 0.6 is 0 Å². The number of rotatable bonds is 5. The van der Waals surface area contributed by atoms with Gasteiger partial charge in [-0.3, -0.25) is 4.79 Å². The zero-order chi connectivity index (χ0) is 14.3. The molecular weight excluding hydrogens is 267 g/mol. The average molecular weight is 277 g/mol. The normalized spacial score (nSPS) is 11.5. The van der Waals surface area contributed by atoms with Crippen LogP contribution in [0.25, 0.3) is 6.08 Å². The third-order valence-corrected chi connectivity index (χ3v) is 1.76. The number of halogens is 3. The molecule has 0 aromatic carbocycles. The van der Waals surface area contributed by atoms with Crippen molar-refractivity contribution < 1.29 is 31.9 Å². The van der Waals surface area contributed by atoms with Crippen LogP contribution in [-0.4, -0.2) is 31.2 Å². The van der Waals surface area contributed by atoms with Crippen LogP contribution in [0.15, 0.2) is 28.9 Å². The maximum absolute atomic E-state index is 11.7. The number of hydrogen-bond acceptors (Lipinski definition) is 4. The Labute approximate surface area is 106 Å². The molecule has 1 aromatic heterocycles. The second kappa shape index (κ2) is 6.62. The number of nitrogens with one attached hydrogen (secondary N) is 1. The first-order valence-electron chi connectivity index (χ1n) is 5.08. The Kier molecular flexibility index (Phi) is 5.16. The highest BCUT2D eigenvalue weighted by Crippen LogP contribution is 2.11. The number of alkyl halides is 3. The van der Waals surface area contributed by atoms with Crippen LogP contribution in [-0.2, 0) is 14.3 Å². The summed E-state index contributed by atoms with van der Waals surface area (Å²) in [7, 11) is 0. The van der Waals surface area contributed by atoms with Gasteiger partial charge in [-0.1, -0.05) is 0 Å². The van der Waals surface area contributed by atoms with Gasteiger partial charge in [-0.15, -0.1) is 0 Å². The topological polar surface area (TPSA) is 68.5 Å². The molecule has 0 aliphatic rings. The molecule has 0 saturated carbocycles. The zero-order valence-electron chi connectivity index (χ0n) is 9.57. The molecule has 5 nitrogen and oxygen atoms in total. The fourth-order valence-corrected chi connectivity index (χ4v) is 0.971. The molecule has 0 unspecified atom stereocenters. The standard InChI is InChI=1S/C11H10F3NO4/c12-11(13,14)7-15-9(16)6-19-10(17)4-3-8-2-1-5-18-8/h1-5H,6-7H2,(H,15,16)/b4-3+. The van der Waals surface area contributed by atoms with E-state index in [0.717, 1.165) is 6.08 Å². The van der Waals surface area contributed by atoms with E-state index < -0.39 is 31.2 Å². The highest BCUT2D eigenvalue weighted by molar-refractivity contribution is 5.88. The van der Waals surface area contributed by atoms with Crippen molar-refractivity contribution in [3.05, 3.63) is 30.2 Å². The van der Waals surface area contributed by atoms with Crippen molar-refractivity contribution in [3.8, 4) is 0 Å². The molecule has 0 atom stereocenters. The van der Waals surface area contributed by atoms with E-state index in [1.165, 1.54) is 12.3 Å². The Balaban J connectivity index is 2.25. The van der Waals surface area contributed by atoms with Crippen LogP contribution in [0.1, 0.15) is 5.76 Å².